The van der Waals surface area contributed by atoms with E-state index in [4.69, 9.17) is 27.8 Å². The zero-order valence-corrected chi connectivity index (χ0v) is 11.2. The summed E-state index contributed by atoms with van der Waals surface area (Å²) in [6.07, 6.45) is -4.99. The van der Waals surface area contributed by atoms with Crippen molar-refractivity contribution >= 4 is 11.6 Å². The average molecular weight is 312 g/mol. The molecule has 1 aliphatic heterocycles. The van der Waals surface area contributed by atoms with E-state index in [-0.39, 0.29) is 23.1 Å². The second-order valence-electron chi connectivity index (χ2n) is 4.94. The van der Waals surface area contributed by atoms with Crippen molar-refractivity contribution in [2.45, 2.75) is 24.2 Å². The summed E-state index contributed by atoms with van der Waals surface area (Å²) >= 11 is 5.80. The number of rotatable bonds is 2. The number of hydrogen-bond donors (Lipinski definition) is 3. The summed E-state index contributed by atoms with van der Waals surface area (Å²) in [5.74, 6) is 0.127. The van der Waals surface area contributed by atoms with Gasteiger partial charge in [-0.15, -0.1) is 0 Å². The Kier molecular flexibility index (Phi) is 3.41. The predicted octanol–water partition coefficient (Wildman–Crippen LogP) is 1.01. The maximum absolute atomic E-state index is 13.0. The van der Waals surface area contributed by atoms with Crippen LogP contribution in [0.1, 0.15) is 18.2 Å². The first-order chi connectivity index (χ1) is 9.03. The molecule has 0 saturated carbocycles. The summed E-state index contributed by atoms with van der Waals surface area (Å²) in [6, 6.07) is 1.04. The summed E-state index contributed by atoms with van der Waals surface area (Å²) in [5.41, 5.74) is 6.24. The standard InChI is InChI=1S/C11H13ClF3N3O2/c1-9(17)4-20-7-5(9)2-6(18-8(7)12)10(19,3-16)11(13,14)15/h2,19H,3-4,16-17H2,1H3. The van der Waals surface area contributed by atoms with Gasteiger partial charge in [0, 0.05) is 12.1 Å². The molecule has 5 nitrogen and oxygen atoms in total. The molecule has 0 spiro atoms. The van der Waals surface area contributed by atoms with Gasteiger partial charge in [-0.25, -0.2) is 4.98 Å². The molecule has 0 radical (unpaired) electrons. The number of aromatic nitrogens is 1. The summed E-state index contributed by atoms with van der Waals surface area (Å²) in [7, 11) is 0. The Bertz CT molecular complexity index is 550. The fourth-order valence-corrected chi connectivity index (χ4v) is 2.19. The van der Waals surface area contributed by atoms with E-state index < -0.39 is 29.6 Å². The zero-order valence-electron chi connectivity index (χ0n) is 10.5. The number of ether oxygens (including phenoxy) is 1. The zero-order chi connectivity index (χ0) is 15.3. The van der Waals surface area contributed by atoms with E-state index in [0.29, 0.717) is 0 Å². The minimum absolute atomic E-state index is 0.0558. The Hall–Kier alpha value is -1.09. The molecule has 0 fully saturated rings. The van der Waals surface area contributed by atoms with E-state index in [1.165, 1.54) is 0 Å². The minimum Gasteiger partial charge on any atom is -0.488 e. The number of pyridine rings is 1. The first kappa shape index (κ1) is 15.3. The summed E-state index contributed by atoms with van der Waals surface area (Å²) in [4.78, 5) is 3.55. The molecule has 0 amide bonds. The lowest BCUT2D eigenvalue weighted by atomic mass is 9.91. The van der Waals surface area contributed by atoms with Crippen LogP contribution in [0.15, 0.2) is 6.07 Å². The lowest BCUT2D eigenvalue weighted by Gasteiger charge is -2.29. The van der Waals surface area contributed by atoms with E-state index in [9.17, 15) is 18.3 Å². The molecule has 9 heteroatoms. The molecule has 5 N–H and O–H groups in total. The van der Waals surface area contributed by atoms with Crippen molar-refractivity contribution in [2.75, 3.05) is 13.2 Å². The van der Waals surface area contributed by atoms with Crippen molar-refractivity contribution in [1.82, 2.24) is 4.98 Å². The number of nitrogens with two attached hydrogens (primary N) is 2. The van der Waals surface area contributed by atoms with Gasteiger partial charge in [-0.3, -0.25) is 0 Å². The SMILES string of the molecule is CC1(N)COc2c1cc(C(O)(CN)C(F)(F)F)nc2Cl. The van der Waals surface area contributed by atoms with Crippen LogP contribution in [0.2, 0.25) is 5.15 Å². The third-order valence-corrected chi connectivity index (χ3v) is 3.51. The molecule has 2 atom stereocenters. The van der Waals surface area contributed by atoms with Crippen LogP contribution in [0.3, 0.4) is 0 Å². The van der Waals surface area contributed by atoms with Gasteiger partial charge in [0.05, 0.1) is 11.2 Å². The molecule has 1 aromatic heterocycles. The van der Waals surface area contributed by atoms with E-state index in [1.54, 1.807) is 6.92 Å². The van der Waals surface area contributed by atoms with Crippen LogP contribution in [0.4, 0.5) is 13.2 Å². The lowest BCUT2D eigenvalue weighted by molar-refractivity contribution is -0.263. The Labute approximate surface area is 117 Å². The predicted molar refractivity (Wildman–Crippen MR) is 65.3 cm³/mol. The highest BCUT2D eigenvalue weighted by atomic mass is 35.5. The molecule has 0 bridgehead atoms. The van der Waals surface area contributed by atoms with Crippen molar-refractivity contribution in [2.24, 2.45) is 11.5 Å². The van der Waals surface area contributed by atoms with Gasteiger partial charge in [0.1, 0.15) is 6.61 Å². The van der Waals surface area contributed by atoms with E-state index in [1.807, 2.05) is 0 Å². The van der Waals surface area contributed by atoms with Crippen LogP contribution in [-0.4, -0.2) is 29.4 Å². The van der Waals surface area contributed by atoms with Gasteiger partial charge in [0.2, 0.25) is 5.60 Å². The van der Waals surface area contributed by atoms with Crippen molar-refractivity contribution in [1.29, 1.82) is 0 Å². The Morgan fingerprint density at radius 1 is 1.55 bits per heavy atom. The fraction of sp³-hybridized carbons (Fsp3) is 0.545. The molecule has 112 valence electrons. The molecule has 2 unspecified atom stereocenters. The highest BCUT2D eigenvalue weighted by Gasteiger charge is 2.56. The molecule has 0 aromatic carbocycles. The second-order valence-corrected chi connectivity index (χ2v) is 5.30. The molecule has 0 saturated heterocycles. The number of alkyl halides is 3. The van der Waals surface area contributed by atoms with Crippen LogP contribution >= 0.6 is 11.6 Å². The van der Waals surface area contributed by atoms with Crippen LogP contribution in [0.25, 0.3) is 0 Å². The third kappa shape index (κ3) is 2.12. The summed E-state index contributed by atoms with van der Waals surface area (Å²) < 4.78 is 44.2. The first-order valence-corrected chi connectivity index (χ1v) is 6.03. The topological polar surface area (TPSA) is 94.4 Å². The Balaban J connectivity index is 2.64. The summed E-state index contributed by atoms with van der Waals surface area (Å²) in [5, 5.41) is 9.51. The molecule has 1 aliphatic rings. The second kappa shape index (κ2) is 4.45. The third-order valence-electron chi connectivity index (χ3n) is 3.25. The van der Waals surface area contributed by atoms with Gasteiger partial charge in [-0.2, -0.15) is 13.2 Å². The quantitative estimate of drug-likeness (QED) is 0.709. The average Bonchev–Trinajstić information content (AvgIpc) is 2.63. The van der Waals surface area contributed by atoms with Crippen LogP contribution in [0.5, 0.6) is 5.75 Å². The molecule has 0 aliphatic carbocycles. The van der Waals surface area contributed by atoms with Gasteiger partial charge in [0.15, 0.2) is 10.9 Å². The van der Waals surface area contributed by atoms with Crippen molar-refractivity contribution in [3.8, 4) is 5.75 Å². The first-order valence-electron chi connectivity index (χ1n) is 5.65. The van der Waals surface area contributed by atoms with Gasteiger partial charge in [0.25, 0.3) is 0 Å². The van der Waals surface area contributed by atoms with Crippen molar-refractivity contribution < 1.29 is 23.0 Å². The smallest absolute Gasteiger partial charge is 0.424 e. The number of halogens is 4. The Morgan fingerprint density at radius 2 is 2.15 bits per heavy atom. The lowest BCUT2D eigenvalue weighted by Crippen LogP contribution is -2.49. The normalized spacial score (nSPS) is 25.0. The number of hydrogen-bond acceptors (Lipinski definition) is 5. The number of aliphatic hydroxyl groups is 1. The van der Waals surface area contributed by atoms with Crippen molar-refractivity contribution in [3.63, 3.8) is 0 Å². The Morgan fingerprint density at radius 3 is 2.65 bits per heavy atom. The number of fused-ring (bicyclic) bond motifs is 1. The van der Waals surface area contributed by atoms with Crippen molar-refractivity contribution in [3.05, 3.63) is 22.5 Å². The van der Waals surface area contributed by atoms with Crippen LogP contribution in [-0.2, 0) is 11.1 Å². The van der Waals surface area contributed by atoms with Crippen LogP contribution in [0, 0.1) is 0 Å². The maximum Gasteiger partial charge on any atom is 0.424 e. The maximum atomic E-state index is 13.0. The molecule has 2 heterocycles. The minimum atomic E-state index is -4.99. The van der Waals surface area contributed by atoms with Gasteiger partial charge in [-0.1, -0.05) is 11.6 Å². The fourth-order valence-electron chi connectivity index (χ4n) is 1.94. The molecular formula is C11H13ClF3N3O2. The molecule has 20 heavy (non-hydrogen) atoms. The molecular weight excluding hydrogens is 299 g/mol. The van der Waals surface area contributed by atoms with E-state index >= 15 is 0 Å². The van der Waals surface area contributed by atoms with Gasteiger partial charge >= 0.3 is 6.18 Å². The van der Waals surface area contributed by atoms with Gasteiger partial charge < -0.3 is 21.3 Å². The van der Waals surface area contributed by atoms with E-state index in [0.717, 1.165) is 6.07 Å². The number of nitrogens with zero attached hydrogens (tertiary/aromatic N) is 1. The monoisotopic (exact) mass is 311 g/mol. The largest absolute Gasteiger partial charge is 0.488 e. The van der Waals surface area contributed by atoms with E-state index in [2.05, 4.69) is 4.98 Å². The molecule has 1 aromatic rings. The van der Waals surface area contributed by atoms with Crippen LogP contribution < -0.4 is 16.2 Å². The summed E-state index contributed by atoms with van der Waals surface area (Å²) in [6.45, 7) is 0.551. The highest BCUT2D eigenvalue weighted by molar-refractivity contribution is 6.31. The highest BCUT2D eigenvalue weighted by Crippen LogP contribution is 2.44. The molecule has 2 rings (SSSR count). The van der Waals surface area contributed by atoms with Gasteiger partial charge in [-0.05, 0) is 13.0 Å².